The van der Waals surface area contributed by atoms with Crippen molar-refractivity contribution in [2.24, 2.45) is 0 Å². The molecule has 0 unspecified atom stereocenters. The molecule has 0 aromatic carbocycles. The highest BCUT2D eigenvalue weighted by atomic mass is 35.5. The van der Waals surface area contributed by atoms with Gasteiger partial charge in [-0.05, 0) is 16.5 Å². The van der Waals surface area contributed by atoms with Gasteiger partial charge in [0.15, 0.2) is 0 Å². The normalized spacial score (nSPS) is 15.2. The molecule has 0 saturated carbocycles. The molecule has 1 N–H and O–H groups in total. The van der Waals surface area contributed by atoms with E-state index in [1.165, 1.54) is 0 Å². The number of fused-ring (bicyclic) bond motifs is 1. The van der Waals surface area contributed by atoms with Crippen molar-refractivity contribution < 1.29 is 0 Å². The highest BCUT2D eigenvalue weighted by Gasteiger charge is 2.28. The fourth-order valence-corrected chi connectivity index (χ4v) is 2.63. The van der Waals surface area contributed by atoms with Crippen LogP contribution in [0.4, 0.5) is 0 Å². The minimum absolute atomic E-state index is 0.0965. The number of pyridine rings is 1. The lowest BCUT2D eigenvalue weighted by atomic mass is 9.80. The summed E-state index contributed by atoms with van der Waals surface area (Å²) >= 11 is 6.12. The number of rotatable bonds is 0. The molecule has 90 valence electrons. The summed E-state index contributed by atoms with van der Waals surface area (Å²) in [5.41, 5.74) is 3.67. The summed E-state index contributed by atoms with van der Waals surface area (Å²) in [4.78, 5) is 4.36. The van der Waals surface area contributed by atoms with E-state index in [0.29, 0.717) is 10.7 Å². The number of nitriles is 1. The predicted molar refractivity (Wildman–Crippen MR) is 68.1 cm³/mol. The van der Waals surface area contributed by atoms with Crippen molar-refractivity contribution in [2.75, 3.05) is 6.54 Å². The highest BCUT2D eigenvalue weighted by Crippen LogP contribution is 2.34. The smallest absolute Gasteiger partial charge is 0.147 e. The molecule has 2 heterocycles. The lowest BCUT2D eigenvalue weighted by molar-refractivity contribution is 0.552. The van der Waals surface area contributed by atoms with E-state index in [4.69, 9.17) is 11.6 Å². The Morgan fingerprint density at radius 2 is 2.12 bits per heavy atom. The third-order valence-electron chi connectivity index (χ3n) is 3.04. The van der Waals surface area contributed by atoms with Gasteiger partial charge in [-0.3, -0.25) is 0 Å². The molecule has 0 aliphatic carbocycles. The molecule has 1 aliphatic rings. The van der Waals surface area contributed by atoms with Crippen LogP contribution in [0, 0.1) is 11.3 Å². The second kappa shape index (κ2) is 4.29. The van der Waals surface area contributed by atoms with Crippen LogP contribution in [-0.2, 0) is 18.4 Å². The van der Waals surface area contributed by atoms with Gasteiger partial charge in [-0.25, -0.2) is 4.98 Å². The van der Waals surface area contributed by atoms with Crippen molar-refractivity contribution >= 4 is 11.6 Å². The number of hydrogen-bond donors (Lipinski definition) is 1. The number of nitrogens with one attached hydrogen (secondary N) is 1. The van der Waals surface area contributed by atoms with E-state index in [9.17, 15) is 5.26 Å². The lowest BCUT2D eigenvalue weighted by Crippen LogP contribution is -2.29. The first-order valence-electron chi connectivity index (χ1n) is 5.77. The van der Waals surface area contributed by atoms with Crippen molar-refractivity contribution in [3.63, 3.8) is 0 Å². The van der Waals surface area contributed by atoms with Gasteiger partial charge in [0.25, 0.3) is 0 Å². The largest absolute Gasteiger partial charge is 0.312 e. The molecule has 0 bridgehead atoms. The molecule has 1 aliphatic heterocycles. The molecule has 0 radical (unpaired) electrons. The standard InChI is InChI=1S/C13H16ClN3/c1-13(2,3)11-8(6-15)12(14)17-10-4-5-16-7-9(10)11/h16H,4-5,7H2,1-3H3. The van der Waals surface area contributed by atoms with Crippen LogP contribution in [0.25, 0.3) is 0 Å². The van der Waals surface area contributed by atoms with E-state index in [2.05, 4.69) is 37.1 Å². The molecular weight excluding hydrogens is 234 g/mol. The van der Waals surface area contributed by atoms with Crippen LogP contribution in [0.3, 0.4) is 0 Å². The van der Waals surface area contributed by atoms with Crippen LogP contribution in [0.2, 0.25) is 5.15 Å². The molecular formula is C13H16ClN3. The summed E-state index contributed by atoms with van der Waals surface area (Å²) < 4.78 is 0. The van der Waals surface area contributed by atoms with Crippen LogP contribution in [0.15, 0.2) is 0 Å². The molecule has 0 amide bonds. The maximum atomic E-state index is 9.27. The first-order chi connectivity index (χ1) is 7.95. The van der Waals surface area contributed by atoms with Gasteiger partial charge in [-0.2, -0.15) is 5.26 Å². The first-order valence-corrected chi connectivity index (χ1v) is 6.15. The molecule has 3 nitrogen and oxygen atoms in total. The van der Waals surface area contributed by atoms with E-state index in [0.717, 1.165) is 36.3 Å². The maximum Gasteiger partial charge on any atom is 0.147 e. The molecule has 0 atom stereocenters. The number of hydrogen-bond acceptors (Lipinski definition) is 3. The number of aromatic nitrogens is 1. The summed E-state index contributed by atoms with van der Waals surface area (Å²) in [6, 6.07) is 2.20. The van der Waals surface area contributed by atoms with Gasteiger partial charge in [0.1, 0.15) is 11.2 Å². The van der Waals surface area contributed by atoms with Crippen LogP contribution < -0.4 is 5.32 Å². The zero-order chi connectivity index (χ0) is 12.6. The van der Waals surface area contributed by atoms with Gasteiger partial charge < -0.3 is 5.32 Å². The van der Waals surface area contributed by atoms with E-state index in [1.54, 1.807) is 0 Å². The van der Waals surface area contributed by atoms with Gasteiger partial charge in [0.2, 0.25) is 0 Å². The fourth-order valence-electron chi connectivity index (χ4n) is 2.39. The quantitative estimate of drug-likeness (QED) is 0.719. The van der Waals surface area contributed by atoms with Crippen LogP contribution >= 0.6 is 11.6 Å². The monoisotopic (exact) mass is 249 g/mol. The Balaban J connectivity index is 2.76. The predicted octanol–water partition coefficient (Wildman–Crippen LogP) is 2.55. The third kappa shape index (κ3) is 2.15. The molecule has 2 rings (SSSR count). The zero-order valence-corrected chi connectivity index (χ0v) is 11.1. The van der Waals surface area contributed by atoms with Crippen LogP contribution in [0.1, 0.15) is 43.2 Å². The molecule has 1 aromatic rings. The molecule has 17 heavy (non-hydrogen) atoms. The Morgan fingerprint density at radius 1 is 1.41 bits per heavy atom. The number of halogens is 1. The van der Waals surface area contributed by atoms with Crippen molar-refractivity contribution in [1.29, 1.82) is 5.26 Å². The minimum atomic E-state index is -0.0965. The average Bonchev–Trinajstić information content (AvgIpc) is 2.25. The highest BCUT2D eigenvalue weighted by molar-refractivity contribution is 6.30. The van der Waals surface area contributed by atoms with Crippen molar-refractivity contribution in [2.45, 2.75) is 39.2 Å². The van der Waals surface area contributed by atoms with Gasteiger partial charge in [-0.15, -0.1) is 0 Å². The lowest BCUT2D eigenvalue weighted by Gasteiger charge is -2.28. The Hall–Kier alpha value is -1.11. The van der Waals surface area contributed by atoms with Crippen molar-refractivity contribution in [3.8, 4) is 6.07 Å². The summed E-state index contributed by atoms with van der Waals surface area (Å²) in [7, 11) is 0. The second-order valence-corrected chi connectivity index (χ2v) is 5.72. The van der Waals surface area contributed by atoms with Gasteiger partial charge >= 0.3 is 0 Å². The van der Waals surface area contributed by atoms with E-state index in [1.807, 2.05) is 0 Å². The minimum Gasteiger partial charge on any atom is -0.312 e. The molecule has 4 heteroatoms. The van der Waals surface area contributed by atoms with Crippen LogP contribution in [0.5, 0.6) is 0 Å². The van der Waals surface area contributed by atoms with Gasteiger partial charge in [0, 0.05) is 25.2 Å². The van der Waals surface area contributed by atoms with E-state index >= 15 is 0 Å². The van der Waals surface area contributed by atoms with Crippen molar-refractivity contribution in [3.05, 3.63) is 27.5 Å². The summed E-state index contributed by atoms with van der Waals surface area (Å²) in [5, 5.41) is 12.9. The van der Waals surface area contributed by atoms with E-state index < -0.39 is 0 Å². The van der Waals surface area contributed by atoms with Gasteiger partial charge in [0.05, 0.1) is 5.56 Å². The maximum absolute atomic E-state index is 9.27. The zero-order valence-electron chi connectivity index (χ0n) is 10.4. The topological polar surface area (TPSA) is 48.7 Å². The molecule has 0 spiro atoms. The fraction of sp³-hybridized carbons (Fsp3) is 0.538. The number of nitrogens with zero attached hydrogens (tertiary/aromatic N) is 2. The second-order valence-electron chi connectivity index (χ2n) is 5.37. The average molecular weight is 250 g/mol. The third-order valence-corrected chi connectivity index (χ3v) is 3.32. The summed E-state index contributed by atoms with van der Waals surface area (Å²) in [6.45, 7) is 8.02. The first kappa shape index (κ1) is 12.3. The SMILES string of the molecule is CC(C)(C)c1c(C#N)c(Cl)nc2c1CNCC2. The Morgan fingerprint density at radius 3 is 2.71 bits per heavy atom. The van der Waals surface area contributed by atoms with Gasteiger partial charge in [-0.1, -0.05) is 32.4 Å². The Kier molecular flexibility index (Phi) is 3.11. The summed E-state index contributed by atoms with van der Waals surface area (Å²) in [5.74, 6) is 0. The molecule has 1 aromatic heterocycles. The Labute approximate surface area is 107 Å². The molecule has 0 fully saturated rings. The van der Waals surface area contributed by atoms with E-state index in [-0.39, 0.29) is 5.41 Å². The summed E-state index contributed by atoms with van der Waals surface area (Å²) in [6.07, 6.45) is 0.879. The molecule has 0 saturated heterocycles. The van der Waals surface area contributed by atoms with Crippen LogP contribution in [-0.4, -0.2) is 11.5 Å². The Bertz CT molecular complexity index is 495. The van der Waals surface area contributed by atoms with Crippen molar-refractivity contribution in [1.82, 2.24) is 10.3 Å².